The third kappa shape index (κ3) is 14.2. The van der Waals surface area contributed by atoms with Crippen molar-refractivity contribution >= 4 is 115 Å². The van der Waals surface area contributed by atoms with Crippen LogP contribution in [0, 0.1) is 0 Å². The first-order chi connectivity index (χ1) is 55.0. The predicted octanol–water partition coefficient (Wildman–Crippen LogP) is 30.2. The Morgan fingerprint density at radius 1 is 0.288 bits per heavy atom. The van der Waals surface area contributed by atoms with Gasteiger partial charge in [0.1, 0.15) is 11.0 Å². The van der Waals surface area contributed by atoms with E-state index >= 15 is 0 Å². The second-order valence-corrected chi connectivity index (χ2v) is 26.3. The fourth-order valence-corrected chi connectivity index (χ4v) is 15.8. The van der Waals surface area contributed by atoms with E-state index in [1.54, 1.807) is 0 Å². The summed E-state index contributed by atoms with van der Waals surface area (Å²) in [6, 6.07) is 126. The van der Waals surface area contributed by atoms with Crippen molar-refractivity contribution in [2.24, 2.45) is 4.99 Å². The van der Waals surface area contributed by atoms with E-state index in [4.69, 9.17) is 9.98 Å². The van der Waals surface area contributed by atoms with Crippen molar-refractivity contribution in [1.29, 1.82) is 0 Å². The molecule has 0 fully saturated rings. The van der Waals surface area contributed by atoms with Gasteiger partial charge < -0.3 is 4.90 Å². The molecule has 0 unspecified atom stereocenters. The van der Waals surface area contributed by atoms with Crippen LogP contribution < -0.4 is 20.0 Å². The number of hydrogen-bond donors (Lipinski definition) is 0. The molecule has 0 saturated carbocycles. The van der Waals surface area contributed by atoms with Crippen LogP contribution in [-0.2, 0) is 0 Å². The fraction of sp³-hybridized carbons (Fsp3) is 0.131. The molecule has 20 rings (SSSR count). The predicted molar refractivity (Wildman–Crippen MR) is 485 cm³/mol. The van der Waals surface area contributed by atoms with Crippen molar-refractivity contribution in [3.63, 3.8) is 0 Å². The second kappa shape index (κ2) is 35.0. The van der Waals surface area contributed by atoms with Crippen LogP contribution in [0.1, 0.15) is 96.9 Å². The van der Waals surface area contributed by atoms with Gasteiger partial charge in [-0.1, -0.05) is 380 Å². The maximum absolute atomic E-state index is 5.55. The molecule has 4 nitrogen and oxygen atoms in total. The minimum absolute atomic E-state index is 0.963. The standard InChI is InChI=1S/C49H34N2.C46H29N2.6C2H6/c1-31(2)37-26-27-43-44(30-37)51(49-40-23-13-21-36-25-24-35-20-12-22-39(47(49)50-43)45(35)46(36)40)48-41(33-16-8-4-9-17-33)28-38(32-14-6-3-7-15-32)29-42(48)34-18-10-5-11-19-34;1-4-14-30(15-5-1)35-28-38(31-16-6-2-7-17-31)45(39(29-35)32-18-8-3-9-19-32)48-41-25-11-10-24-40(41)47-44-36-22-12-20-33-26-27-34-21-13-23-37(46(44)48)43(34)42(33)36;6*1-2/h3-30H,1-2H3;1-29H;6*1-2H3/q;+1;;;;;;. The smallest absolute Gasteiger partial charge is 0.246 e. The van der Waals surface area contributed by atoms with Gasteiger partial charge in [0.25, 0.3) is 0 Å². The highest BCUT2D eigenvalue weighted by atomic mass is 15.2. The summed E-state index contributed by atoms with van der Waals surface area (Å²) < 4.78 is 2.51. The molecule has 0 N–H and O–H groups in total. The van der Waals surface area contributed by atoms with Crippen LogP contribution in [0.2, 0.25) is 0 Å². The lowest BCUT2D eigenvalue weighted by Gasteiger charge is -2.35. The number of fused-ring (bicyclic) bond motifs is 8. The van der Waals surface area contributed by atoms with Gasteiger partial charge in [0, 0.05) is 44.1 Å². The minimum atomic E-state index is 0.963. The Morgan fingerprint density at radius 3 is 1.10 bits per heavy atom. The number of nitrogens with zero attached hydrogens (tertiary/aromatic N) is 4. The Labute approximate surface area is 656 Å². The fourth-order valence-electron chi connectivity index (χ4n) is 15.8. The highest BCUT2D eigenvalue weighted by molar-refractivity contribution is 6.33. The van der Waals surface area contributed by atoms with Gasteiger partial charge in [-0.15, -0.1) is 4.57 Å². The van der Waals surface area contributed by atoms with Crippen molar-refractivity contribution in [3.05, 3.63) is 356 Å². The number of anilines is 3. The first-order valence-corrected chi connectivity index (χ1v) is 40.1. The van der Waals surface area contributed by atoms with Gasteiger partial charge in [0.15, 0.2) is 0 Å². The molecule has 111 heavy (non-hydrogen) atoms. The summed E-state index contributed by atoms with van der Waals surface area (Å²) in [5.41, 5.74) is 25.0. The van der Waals surface area contributed by atoms with Gasteiger partial charge in [-0.25, -0.2) is 9.98 Å². The number of benzene rings is 18. The number of hydrogen-bond acceptors (Lipinski definition) is 3. The Kier molecular flexibility index (Phi) is 24.1. The monoisotopic (exact) mass is 1440 g/mol. The summed E-state index contributed by atoms with van der Waals surface area (Å²) in [7, 11) is 0. The zero-order valence-corrected chi connectivity index (χ0v) is 66.7. The quantitative estimate of drug-likeness (QED) is 0.0863. The summed E-state index contributed by atoms with van der Waals surface area (Å²) in [5.74, 6) is 0. The Balaban J connectivity index is 0.000000172. The molecule has 4 heteroatoms. The topological polar surface area (TPSA) is 32.4 Å². The first kappa shape index (κ1) is 76.3. The molecule has 18 aromatic carbocycles. The molecule has 546 valence electrons. The van der Waals surface area contributed by atoms with Crippen LogP contribution in [0.15, 0.2) is 351 Å². The van der Waals surface area contributed by atoms with Crippen LogP contribution in [0.25, 0.3) is 165 Å². The van der Waals surface area contributed by atoms with Crippen LogP contribution >= 0.6 is 0 Å². The molecule has 2 heterocycles. The molecule has 0 aliphatic carbocycles. The van der Waals surface area contributed by atoms with Crippen LogP contribution in [0.4, 0.5) is 22.7 Å². The molecule has 19 aromatic rings. The van der Waals surface area contributed by atoms with E-state index in [1.807, 2.05) is 83.1 Å². The van der Waals surface area contributed by atoms with E-state index in [9.17, 15) is 0 Å². The maximum Gasteiger partial charge on any atom is 0.246 e. The summed E-state index contributed by atoms with van der Waals surface area (Å²) in [5, 5.41) is 17.0. The lowest BCUT2D eigenvalue weighted by atomic mass is 9.87. The SMILES string of the molecule is CC.CC.CC.CC.CC.CC.CC(C)=c1ccc2c(c1)N(c1c(-c3ccccc3)cc(-c3ccccc3)cc1-c1ccccc1)c1c(c3cccc4ccc5cccc1c5c43)N=2.c1ccc(-c2cc(-c3ccccc3)c(-[n+]3c4ccccc4nc4c5cccc6ccc7cccc(c7c65)c43)c(-c3ccccc3)c2)cc1. The molecule has 0 saturated heterocycles. The highest BCUT2D eigenvalue weighted by Gasteiger charge is 2.34. The Hall–Kier alpha value is -12.9. The van der Waals surface area contributed by atoms with Gasteiger partial charge in [-0.2, -0.15) is 0 Å². The highest BCUT2D eigenvalue weighted by Crippen LogP contribution is 2.56. The molecule has 1 aliphatic heterocycles. The van der Waals surface area contributed by atoms with Crippen molar-refractivity contribution in [1.82, 2.24) is 4.98 Å². The summed E-state index contributed by atoms with van der Waals surface area (Å²) in [4.78, 5) is 13.6. The average molecular weight is 1440 g/mol. The van der Waals surface area contributed by atoms with E-state index in [0.717, 1.165) is 55.9 Å². The molecule has 0 radical (unpaired) electrons. The van der Waals surface area contributed by atoms with E-state index in [1.165, 1.54) is 142 Å². The maximum atomic E-state index is 5.55. The summed E-state index contributed by atoms with van der Waals surface area (Å²) in [6.45, 7) is 28.4. The number of rotatable bonds is 8. The van der Waals surface area contributed by atoms with E-state index in [-0.39, 0.29) is 0 Å². The normalized spacial score (nSPS) is 11.0. The van der Waals surface area contributed by atoms with Gasteiger partial charge in [-0.3, -0.25) is 0 Å². The van der Waals surface area contributed by atoms with Crippen LogP contribution in [0.5, 0.6) is 0 Å². The van der Waals surface area contributed by atoms with Crippen molar-refractivity contribution in [3.8, 4) is 72.4 Å². The van der Waals surface area contributed by atoms with Crippen molar-refractivity contribution in [2.75, 3.05) is 4.90 Å². The Morgan fingerprint density at radius 2 is 0.649 bits per heavy atom. The first-order valence-electron chi connectivity index (χ1n) is 40.1. The zero-order valence-electron chi connectivity index (χ0n) is 66.7. The van der Waals surface area contributed by atoms with E-state index < -0.39 is 0 Å². The third-order valence-electron chi connectivity index (χ3n) is 20.3. The van der Waals surface area contributed by atoms with Crippen molar-refractivity contribution in [2.45, 2.75) is 96.9 Å². The summed E-state index contributed by atoms with van der Waals surface area (Å²) >= 11 is 0. The van der Waals surface area contributed by atoms with Crippen LogP contribution in [0.3, 0.4) is 0 Å². The van der Waals surface area contributed by atoms with Gasteiger partial charge in [0.05, 0.1) is 44.6 Å². The molecule has 1 aliphatic rings. The van der Waals surface area contributed by atoms with E-state index in [2.05, 4.69) is 369 Å². The largest absolute Gasteiger partial charge is 0.304 e. The second-order valence-electron chi connectivity index (χ2n) is 26.3. The lowest BCUT2D eigenvalue weighted by Crippen LogP contribution is -2.35. The van der Waals surface area contributed by atoms with Gasteiger partial charge in [-0.05, 0) is 144 Å². The minimum Gasteiger partial charge on any atom is -0.304 e. The Bertz CT molecular complexity index is 6390. The average Bonchev–Trinajstić information content (AvgIpc) is 0.703. The van der Waals surface area contributed by atoms with Crippen LogP contribution in [-0.4, -0.2) is 4.98 Å². The summed E-state index contributed by atoms with van der Waals surface area (Å²) in [6.07, 6.45) is 0. The number of para-hydroxylation sites is 2. The van der Waals surface area contributed by atoms with E-state index in [0.29, 0.717) is 0 Å². The molecule has 0 bridgehead atoms. The molecular weight excluding hydrogens is 1340 g/mol. The van der Waals surface area contributed by atoms with Gasteiger partial charge >= 0.3 is 0 Å². The molecule has 0 amide bonds. The van der Waals surface area contributed by atoms with Crippen molar-refractivity contribution < 1.29 is 4.57 Å². The molecule has 0 atom stereocenters. The third-order valence-corrected chi connectivity index (χ3v) is 20.3. The van der Waals surface area contributed by atoms with Gasteiger partial charge in [0.2, 0.25) is 16.7 Å². The molecule has 1 aromatic heterocycles. The number of aromatic nitrogens is 2. The zero-order chi connectivity index (χ0) is 77.7. The molecule has 0 spiro atoms. The molecular formula is C107H99N4+. The lowest BCUT2D eigenvalue weighted by molar-refractivity contribution is -0.535.